The van der Waals surface area contributed by atoms with E-state index in [0.717, 1.165) is 18.7 Å². The van der Waals surface area contributed by atoms with Crippen LogP contribution in [-0.2, 0) is 4.74 Å². The standard InChI is InChI=1S/C11H16Cl2N2O/c1-3-4-16-7-10(14-2)11-9(13)5-8(12)6-15-11/h5-6,10,14H,3-4,7H2,1-2H3. The van der Waals surface area contributed by atoms with Crippen molar-refractivity contribution in [1.29, 1.82) is 0 Å². The first-order valence-electron chi connectivity index (χ1n) is 5.25. The summed E-state index contributed by atoms with van der Waals surface area (Å²) in [5.74, 6) is 0. The minimum Gasteiger partial charge on any atom is -0.379 e. The maximum atomic E-state index is 6.07. The van der Waals surface area contributed by atoms with Crippen LogP contribution in [0.25, 0.3) is 0 Å². The number of nitrogens with zero attached hydrogens (tertiary/aromatic N) is 1. The molecule has 1 unspecified atom stereocenters. The Kier molecular flexibility index (Phi) is 6.06. The summed E-state index contributed by atoms with van der Waals surface area (Å²) in [5.41, 5.74) is 0.768. The van der Waals surface area contributed by atoms with Gasteiger partial charge in [-0.05, 0) is 19.5 Å². The summed E-state index contributed by atoms with van der Waals surface area (Å²) in [6.07, 6.45) is 2.59. The van der Waals surface area contributed by atoms with E-state index in [-0.39, 0.29) is 6.04 Å². The molecule has 0 saturated carbocycles. The lowest BCUT2D eigenvalue weighted by Crippen LogP contribution is -2.23. The molecule has 3 nitrogen and oxygen atoms in total. The van der Waals surface area contributed by atoms with Gasteiger partial charge in [0.05, 0.1) is 28.4 Å². The summed E-state index contributed by atoms with van der Waals surface area (Å²) < 4.78 is 5.48. The molecule has 16 heavy (non-hydrogen) atoms. The van der Waals surface area contributed by atoms with E-state index in [0.29, 0.717) is 16.7 Å². The summed E-state index contributed by atoms with van der Waals surface area (Å²) in [6.45, 7) is 3.37. The predicted octanol–water partition coefficient (Wildman–Crippen LogP) is 3.08. The fourth-order valence-electron chi connectivity index (χ4n) is 1.33. The molecule has 0 aromatic carbocycles. The van der Waals surface area contributed by atoms with Gasteiger partial charge in [-0.2, -0.15) is 0 Å². The van der Waals surface area contributed by atoms with Gasteiger partial charge < -0.3 is 10.1 Å². The van der Waals surface area contributed by atoms with Gasteiger partial charge in [0.15, 0.2) is 0 Å². The van der Waals surface area contributed by atoms with E-state index in [1.165, 1.54) is 0 Å². The van der Waals surface area contributed by atoms with E-state index in [9.17, 15) is 0 Å². The maximum Gasteiger partial charge on any atom is 0.0783 e. The lowest BCUT2D eigenvalue weighted by atomic mass is 10.2. The smallest absolute Gasteiger partial charge is 0.0783 e. The van der Waals surface area contributed by atoms with Crippen LogP contribution in [0.3, 0.4) is 0 Å². The van der Waals surface area contributed by atoms with Crippen molar-refractivity contribution in [2.75, 3.05) is 20.3 Å². The van der Waals surface area contributed by atoms with Gasteiger partial charge in [0, 0.05) is 12.8 Å². The molecule has 5 heteroatoms. The van der Waals surface area contributed by atoms with E-state index in [1.807, 2.05) is 7.05 Å². The largest absolute Gasteiger partial charge is 0.379 e. The van der Waals surface area contributed by atoms with Gasteiger partial charge in [-0.25, -0.2) is 0 Å². The van der Waals surface area contributed by atoms with E-state index in [4.69, 9.17) is 27.9 Å². The molecule has 1 heterocycles. The first-order chi connectivity index (χ1) is 7.69. The van der Waals surface area contributed by atoms with Crippen LogP contribution < -0.4 is 5.32 Å². The molecule has 1 atom stereocenters. The Morgan fingerprint density at radius 2 is 2.25 bits per heavy atom. The molecular weight excluding hydrogens is 247 g/mol. The van der Waals surface area contributed by atoms with Gasteiger partial charge in [-0.3, -0.25) is 4.98 Å². The van der Waals surface area contributed by atoms with Crippen LogP contribution in [-0.4, -0.2) is 25.2 Å². The molecule has 0 saturated heterocycles. The summed E-state index contributed by atoms with van der Waals surface area (Å²) in [7, 11) is 1.85. The van der Waals surface area contributed by atoms with E-state index in [2.05, 4.69) is 17.2 Å². The number of ether oxygens (including phenoxy) is 1. The van der Waals surface area contributed by atoms with Crippen molar-refractivity contribution in [2.45, 2.75) is 19.4 Å². The first-order valence-corrected chi connectivity index (χ1v) is 6.00. The molecule has 1 aromatic rings. The number of pyridine rings is 1. The topological polar surface area (TPSA) is 34.1 Å². The first kappa shape index (κ1) is 13.7. The summed E-state index contributed by atoms with van der Waals surface area (Å²) >= 11 is 11.9. The van der Waals surface area contributed by atoms with E-state index >= 15 is 0 Å². The van der Waals surface area contributed by atoms with E-state index in [1.54, 1.807) is 12.3 Å². The molecule has 1 rings (SSSR count). The third-order valence-corrected chi connectivity index (χ3v) is 2.66. The molecule has 0 aliphatic heterocycles. The van der Waals surface area contributed by atoms with Crippen molar-refractivity contribution in [3.63, 3.8) is 0 Å². The molecule has 0 aliphatic carbocycles. The Bertz CT molecular complexity index is 334. The molecule has 1 aromatic heterocycles. The van der Waals surface area contributed by atoms with Gasteiger partial charge in [0.25, 0.3) is 0 Å². The van der Waals surface area contributed by atoms with Crippen molar-refractivity contribution < 1.29 is 4.74 Å². The van der Waals surface area contributed by atoms with E-state index < -0.39 is 0 Å². The maximum absolute atomic E-state index is 6.07. The summed E-state index contributed by atoms with van der Waals surface area (Å²) in [6, 6.07) is 1.69. The van der Waals surface area contributed by atoms with Gasteiger partial charge in [-0.15, -0.1) is 0 Å². The average Bonchev–Trinajstić information content (AvgIpc) is 2.26. The van der Waals surface area contributed by atoms with Crippen molar-refractivity contribution in [1.82, 2.24) is 10.3 Å². The molecule has 0 amide bonds. The molecular formula is C11H16Cl2N2O. The van der Waals surface area contributed by atoms with Crippen molar-refractivity contribution >= 4 is 23.2 Å². The quantitative estimate of drug-likeness (QED) is 0.801. The van der Waals surface area contributed by atoms with Crippen LogP contribution in [0.4, 0.5) is 0 Å². The van der Waals surface area contributed by atoms with Gasteiger partial charge in [0.2, 0.25) is 0 Å². The highest BCUT2D eigenvalue weighted by Crippen LogP contribution is 2.23. The molecule has 1 N–H and O–H groups in total. The lowest BCUT2D eigenvalue weighted by molar-refractivity contribution is 0.113. The second-order valence-electron chi connectivity index (χ2n) is 3.44. The van der Waals surface area contributed by atoms with Crippen LogP contribution >= 0.6 is 23.2 Å². The number of likely N-dealkylation sites (N-methyl/N-ethyl adjacent to an activating group) is 1. The summed E-state index contributed by atoms with van der Waals surface area (Å²) in [5, 5.41) is 4.22. The van der Waals surface area contributed by atoms with Gasteiger partial charge >= 0.3 is 0 Å². The Morgan fingerprint density at radius 1 is 1.50 bits per heavy atom. The number of nitrogens with one attached hydrogen (secondary N) is 1. The summed E-state index contributed by atoms with van der Waals surface area (Å²) in [4.78, 5) is 4.22. The SMILES string of the molecule is CCCOCC(NC)c1ncc(Cl)cc1Cl. The predicted molar refractivity (Wildman–Crippen MR) is 67.2 cm³/mol. The fraction of sp³-hybridized carbons (Fsp3) is 0.545. The highest BCUT2D eigenvalue weighted by atomic mass is 35.5. The third-order valence-electron chi connectivity index (χ3n) is 2.15. The van der Waals surface area contributed by atoms with Crippen LogP contribution in [0.5, 0.6) is 0 Å². The van der Waals surface area contributed by atoms with Gasteiger partial charge in [-0.1, -0.05) is 30.1 Å². The molecule has 0 radical (unpaired) electrons. The Hall–Kier alpha value is -0.350. The Morgan fingerprint density at radius 3 is 2.81 bits per heavy atom. The zero-order chi connectivity index (χ0) is 12.0. The zero-order valence-corrected chi connectivity index (χ0v) is 11.0. The fourth-order valence-corrected chi connectivity index (χ4v) is 1.84. The number of hydrogen-bond donors (Lipinski definition) is 1. The zero-order valence-electron chi connectivity index (χ0n) is 9.46. The van der Waals surface area contributed by atoms with Crippen LogP contribution in [0, 0.1) is 0 Å². The third kappa shape index (κ3) is 3.91. The average molecular weight is 263 g/mol. The monoisotopic (exact) mass is 262 g/mol. The second-order valence-corrected chi connectivity index (χ2v) is 4.28. The van der Waals surface area contributed by atoms with Gasteiger partial charge in [0.1, 0.15) is 0 Å². The molecule has 0 aliphatic rings. The molecule has 90 valence electrons. The molecule has 0 bridgehead atoms. The Balaban J connectivity index is 2.70. The second kappa shape index (κ2) is 7.07. The highest BCUT2D eigenvalue weighted by molar-refractivity contribution is 6.34. The van der Waals surface area contributed by atoms with Crippen molar-refractivity contribution in [3.8, 4) is 0 Å². The van der Waals surface area contributed by atoms with Crippen LogP contribution in [0.1, 0.15) is 25.1 Å². The minimum absolute atomic E-state index is 0.00341. The number of hydrogen-bond acceptors (Lipinski definition) is 3. The number of rotatable bonds is 6. The minimum atomic E-state index is -0.00341. The van der Waals surface area contributed by atoms with Crippen molar-refractivity contribution in [3.05, 3.63) is 28.0 Å². The Labute approximate surface area is 106 Å². The van der Waals surface area contributed by atoms with Crippen LogP contribution in [0.2, 0.25) is 10.0 Å². The normalized spacial score (nSPS) is 12.8. The molecule has 0 fully saturated rings. The molecule has 0 spiro atoms. The lowest BCUT2D eigenvalue weighted by Gasteiger charge is -2.16. The van der Waals surface area contributed by atoms with Crippen LogP contribution in [0.15, 0.2) is 12.3 Å². The van der Waals surface area contributed by atoms with Crippen molar-refractivity contribution in [2.24, 2.45) is 0 Å². The number of aromatic nitrogens is 1. The number of halogens is 2. The highest BCUT2D eigenvalue weighted by Gasteiger charge is 2.14.